The first kappa shape index (κ1) is 28.7. The van der Waals surface area contributed by atoms with Crippen LogP contribution in [0, 0.1) is 0 Å². The number of rotatable bonds is 22. The molecule has 0 aliphatic carbocycles. The first-order valence-corrected chi connectivity index (χ1v) is 12.2. The first-order valence-electron chi connectivity index (χ1n) is 12.2. The molecule has 35 heavy (non-hydrogen) atoms. The average Bonchev–Trinajstić information content (AvgIpc) is 2.89. The van der Waals surface area contributed by atoms with Crippen LogP contribution in [0.1, 0.15) is 12.8 Å². The van der Waals surface area contributed by atoms with Crippen molar-refractivity contribution in [1.82, 2.24) is 0 Å². The van der Waals surface area contributed by atoms with Gasteiger partial charge in [-0.05, 0) is 74.5 Å². The Bertz CT molecular complexity index is 681. The number of hydrogen-bond acceptors (Lipinski definition) is 9. The average molecular weight is 493 g/mol. The van der Waals surface area contributed by atoms with Gasteiger partial charge >= 0.3 is 0 Å². The molecule has 0 saturated carbocycles. The zero-order chi connectivity index (χ0) is 24.8. The monoisotopic (exact) mass is 492 g/mol. The van der Waals surface area contributed by atoms with Gasteiger partial charge < -0.3 is 44.6 Å². The van der Waals surface area contributed by atoms with E-state index in [2.05, 4.69) is 0 Å². The molecule has 0 aromatic heterocycles. The van der Waals surface area contributed by atoms with Gasteiger partial charge in [-0.3, -0.25) is 0 Å². The third kappa shape index (κ3) is 14.4. The van der Waals surface area contributed by atoms with E-state index in [1.807, 2.05) is 48.5 Å². The third-order valence-electron chi connectivity index (χ3n) is 4.62. The molecular formula is C26H40N2O7. The van der Waals surface area contributed by atoms with Crippen LogP contribution in [-0.2, 0) is 14.2 Å². The Hall–Kier alpha value is -2.56. The zero-order valence-electron chi connectivity index (χ0n) is 20.5. The number of nitrogens with two attached hydrogens (primary N) is 2. The molecule has 2 aromatic carbocycles. The van der Waals surface area contributed by atoms with Gasteiger partial charge in [0.1, 0.15) is 36.2 Å². The van der Waals surface area contributed by atoms with E-state index in [4.69, 9.17) is 44.6 Å². The van der Waals surface area contributed by atoms with Crippen molar-refractivity contribution in [2.45, 2.75) is 12.8 Å². The Morgan fingerprint density at radius 3 is 0.914 bits per heavy atom. The van der Waals surface area contributed by atoms with Crippen LogP contribution in [0.25, 0.3) is 0 Å². The van der Waals surface area contributed by atoms with Crippen molar-refractivity contribution in [1.29, 1.82) is 0 Å². The molecule has 0 aliphatic heterocycles. The lowest BCUT2D eigenvalue weighted by atomic mass is 10.3. The second-order valence-corrected chi connectivity index (χ2v) is 7.46. The van der Waals surface area contributed by atoms with Crippen molar-refractivity contribution in [3.8, 4) is 23.0 Å². The van der Waals surface area contributed by atoms with Crippen LogP contribution in [0.5, 0.6) is 23.0 Å². The fourth-order valence-electron chi connectivity index (χ4n) is 2.79. The Morgan fingerprint density at radius 1 is 0.371 bits per heavy atom. The minimum atomic E-state index is 0.473. The Morgan fingerprint density at radius 2 is 0.629 bits per heavy atom. The summed E-state index contributed by atoms with van der Waals surface area (Å²) in [4.78, 5) is 0. The van der Waals surface area contributed by atoms with E-state index in [1.165, 1.54) is 0 Å². The number of hydrogen-bond donors (Lipinski definition) is 2. The molecule has 196 valence electrons. The molecule has 9 nitrogen and oxygen atoms in total. The van der Waals surface area contributed by atoms with Crippen LogP contribution in [0.15, 0.2) is 48.5 Å². The lowest BCUT2D eigenvalue weighted by Gasteiger charge is -2.10. The summed E-state index contributed by atoms with van der Waals surface area (Å²) in [7, 11) is 0. The van der Waals surface area contributed by atoms with E-state index in [-0.39, 0.29) is 0 Å². The van der Waals surface area contributed by atoms with Crippen molar-refractivity contribution < 1.29 is 33.2 Å². The number of ether oxygens (including phenoxy) is 7. The van der Waals surface area contributed by atoms with Gasteiger partial charge in [0.15, 0.2) is 0 Å². The zero-order valence-corrected chi connectivity index (χ0v) is 20.5. The molecule has 0 bridgehead atoms. The van der Waals surface area contributed by atoms with E-state index in [1.54, 1.807) is 0 Å². The van der Waals surface area contributed by atoms with Crippen LogP contribution in [-0.4, -0.2) is 79.2 Å². The van der Waals surface area contributed by atoms with Gasteiger partial charge in [0.05, 0.1) is 52.9 Å². The van der Waals surface area contributed by atoms with E-state index < -0.39 is 0 Å². The molecule has 0 spiro atoms. The maximum absolute atomic E-state index is 5.64. The first-order chi connectivity index (χ1) is 17.3. The van der Waals surface area contributed by atoms with E-state index in [0.29, 0.717) is 79.2 Å². The van der Waals surface area contributed by atoms with Crippen molar-refractivity contribution in [2.24, 2.45) is 11.5 Å². The van der Waals surface area contributed by atoms with E-state index in [0.717, 1.165) is 35.8 Å². The van der Waals surface area contributed by atoms with Gasteiger partial charge in [-0.25, -0.2) is 0 Å². The topological polar surface area (TPSA) is 117 Å². The summed E-state index contributed by atoms with van der Waals surface area (Å²) in [5.74, 6) is 3.18. The highest BCUT2D eigenvalue weighted by atomic mass is 16.6. The molecule has 2 aromatic rings. The van der Waals surface area contributed by atoms with Crippen LogP contribution in [0.2, 0.25) is 0 Å². The number of benzene rings is 2. The van der Waals surface area contributed by atoms with Crippen molar-refractivity contribution in [3.05, 3.63) is 48.5 Å². The molecule has 0 radical (unpaired) electrons. The maximum Gasteiger partial charge on any atom is 0.119 e. The standard InChI is InChI=1S/C26H40N2O7/c27-11-1-13-32-23-3-7-25(8-4-23)34-21-19-30-17-15-29-16-18-31-20-22-35-26-9-5-24(6-10-26)33-14-2-12-28/h3-10H,1-2,11-22,27-28H2. The summed E-state index contributed by atoms with van der Waals surface area (Å²) in [5.41, 5.74) is 10.9. The van der Waals surface area contributed by atoms with Gasteiger partial charge in [0.2, 0.25) is 0 Å². The van der Waals surface area contributed by atoms with E-state index in [9.17, 15) is 0 Å². The SMILES string of the molecule is NCCCOc1ccc(OCCOCCOCCOCCOc2ccc(OCCCN)cc2)cc1. The van der Waals surface area contributed by atoms with Crippen LogP contribution < -0.4 is 30.4 Å². The molecule has 0 amide bonds. The predicted molar refractivity (Wildman–Crippen MR) is 135 cm³/mol. The molecule has 2 rings (SSSR count). The fraction of sp³-hybridized carbons (Fsp3) is 0.538. The second-order valence-electron chi connectivity index (χ2n) is 7.46. The molecular weight excluding hydrogens is 452 g/mol. The smallest absolute Gasteiger partial charge is 0.119 e. The summed E-state index contributed by atoms with van der Waals surface area (Å²) >= 11 is 0. The Labute approximate surface area is 208 Å². The van der Waals surface area contributed by atoms with Crippen LogP contribution in [0.3, 0.4) is 0 Å². The molecule has 4 N–H and O–H groups in total. The lowest BCUT2D eigenvalue weighted by Crippen LogP contribution is -2.14. The highest BCUT2D eigenvalue weighted by Crippen LogP contribution is 2.18. The molecule has 0 fully saturated rings. The summed E-state index contributed by atoms with van der Waals surface area (Å²) in [6, 6.07) is 15.0. The largest absolute Gasteiger partial charge is 0.494 e. The second kappa shape index (κ2) is 19.7. The van der Waals surface area contributed by atoms with Gasteiger partial charge in [-0.15, -0.1) is 0 Å². The summed E-state index contributed by atoms with van der Waals surface area (Å²) < 4.78 is 38.9. The highest BCUT2D eigenvalue weighted by Gasteiger charge is 1.99. The van der Waals surface area contributed by atoms with E-state index >= 15 is 0 Å². The van der Waals surface area contributed by atoms with Crippen LogP contribution in [0.4, 0.5) is 0 Å². The molecule has 0 aliphatic rings. The summed E-state index contributed by atoms with van der Waals surface area (Å²) in [6.07, 6.45) is 1.68. The minimum absolute atomic E-state index is 0.473. The van der Waals surface area contributed by atoms with Gasteiger partial charge in [-0.1, -0.05) is 0 Å². The van der Waals surface area contributed by atoms with Crippen molar-refractivity contribution >= 4 is 0 Å². The minimum Gasteiger partial charge on any atom is -0.494 e. The van der Waals surface area contributed by atoms with Gasteiger partial charge in [-0.2, -0.15) is 0 Å². The highest BCUT2D eigenvalue weighted by molar-refractivity contribution is 5.31. The predicted octanol–water partition coefficient (Wildman–Crippen LogP) is 2.65. The third-order valence-corrected chi connectivity index (χ3v) is 4.62. The molecule has 9 heteroatoms. The lowest BCUT2D eigenvalue weighted by molar-refractivity contribution is 0.00498. The van der Waals surface area contributed by atoms with Crippen molar-refractivity contribution in [2.75, 3.05) is 79.2 Å². The maximum atomic E-state index is 5.64. The fourth-order valence-corrected chi connectivity index (χ4v) is 2.79. The molecule has 0 unspecified atom stereocenters. The molecule has 0 saturated heterocycles. The molecule has 0 atom stereocenters. The van der Waals surface area contributed by atoms with Gasteiger partial charge in [0.25, 0.3) is 0 Å². The summed E-state index contributed by atoms with van der Waals surface area (Å²) in [5, 5.41) is 0. The quantitative estimate of drug-likeness (QED) is 0.239. The Kier molecular flexibility index (Phi) is 16.2. The molecule has 0 heterocycles. The summed E-state index contributed by atoms with van der Waals surface area (Å²) in [6.45, 7) is 6.45. The van der Waals surface area contributed by atoms with Crippen molar-refractivity contribution in [3.63, 3.8) is 0 Å². The Balaban J connectivity index is 1.35. The normalized spacial score (nSPS) is 10.8. The van der Waals surface area contributed by atoms with Gasteiger partial charge in [0, 0.05) is 0 Å². The van der Waals surface area contributed by atoms with Crippen LogP contribution >= 0.6 is 0 Å².